The predicted molar refractivity (Wildman–Crippen MR) is 56.0 cm³/mol. The number of carbonyl (C=O) groups is 1. The summed E-state index contributed by atoms with van der Waals surface area (Å²) in [5.41, 5.74) is 1.01. The van der Waals surface area contributed by atoms with Gasteiger partial charge in [-0.15, -0.1) is 0 Å². The van der Waals surface area contributed by atoms with Gasteiger partial charge in [-0.1, -0.05) is 12.2 Å². The Morgan fingerprint density at radius 3 is 2.86 bits per heavy atom. The van der Waals surface area contributed by atoms with Gasteiger partial charge in [0.1, 0.15) is 0 Å². The van der Waals surface area contributed by atoms with Crippen LogP contribution >= 0.6 is 0 Å². The Hall–Kier alpha value is -0.830. The van der Waals surface area contributed by atoms with Crippen molar-refractivity contribution in [2.75, 3.05) is 19.8 Å². The minimum atomic E-state index is 0.159. The minimum absolute atomic E-state index is 0.159. The predicted octanol–water partition coefficient (Wildman–Crippen LogP) is 1.50. The highest BCUT2D eigenvalue weighted by molar-refractivity contribution is 5.76. The van der Waals surface area contributed by atoms with Gasteiger partial charge in [-0.05, 0) is 25.7 Å². The summed E-state index contributed by atoms with van der Waals surface area (Å²) < 4.78 is 5.25. The highest BCUT2D eigenvalue weighted by Crippen LogP contribution is 2.31. The molecule has 1 amide bonds. The maximum Gasteiger partial charge on any atom is 0.220 e. The van der Waals surface area contributed by atoms with Crippen LogP contribution < -0.4 is 5.32 Å². The number of hydrogen-bond acceptors (Lipinski definition) is 2. The second kappa shape index (κ2) is 5.81. The van der Waals surface area contributed by atoms with Gasteiger partial charge in [-0.3, -0.25) is 4.79 Å². The number of carbonyl (C=O) groups excluding carboxylic acids is 1. The third kappa shape index (κ3) is 5.75. The third-order valence-electron chi connectivity index (χ3n) is 2.09. The Kier molecular flexibility index (Phi) is 4.66. The van der Waals surface area contributed by atoms with E-state index in [1.165, 1.54) is 12.8 Å². The van der Waals surface area contributed by atoms with Crippen LogP contribution in [-0.4, -0.2) is 25.7 Å². The Morgan fingerprint density at radius 2 is 2.29 bits per heavy atom. The van der Waals surface area contributed by atoms with Crippen LogP contribution in [0.5, 0.6) is 0 Å². The van der Waals surface area contributed by atoms with E-state index in [0.717, 1.165) is 5.57 Å². The van der Waals surface area contributed by atoms with Gasteiger partial charge in [0.25, 0.3) is 0 Å². The molecule has 0 bridgehead atoms. The van der Waals surface area contributed by atoms with E-state index in [9.17, 15) is 4.79 Å². The molecular weight excluding hydrogens is 178 g/mol. The van der Waals surface area contributed by atoms with Gasteiger partial charge in [0, 0.05) is 13.0 Å². The second-order valence-corrected chi connectivity index (χ2v) is 4.01. The fourth-order valence-electron chi connectivity index (χ4n) is 1.17. The molecule has 1 aliphatic carbocycles. The van der Waals surface area contributed by atoms with E-state index in [2.05, 4.69) is 11.9 Å². The first kappa shape index (κ1) is 11.2. The molecular formula is C11H19NO2. The Morgan fingerprint density at radius 1 is 1.57 bits per heavy atom. The van der Waals surface area contributed by atoms with E-state index in [4.69, 9.17) is 4.74 Å². The molecule has 1 N–H and O–H groups in total. The van der Waals surface area contributed by atoms with Crippen LogP contribution in [0.1, 0.15) is 26.2 Å². The molecule has 1 saturated carbocycles. The molecule has 80 valence electrons. The van der Waals surface area contributed by atoms with Gasteiger partial charge in [0.05, 0.1) is 13.2 Å². The molecule has 0 aromatic rings. The van der Waals surface area contributed by atoms with Crippen molar-refractivity contribution in [3.63, 3.8) is 0 Å². The van der Waals surface area contributed by atoms with Crippen molar-refractivity contribution in [3.8, 4) is 0 Å². The monoisotopic (exact) mass is 197 g/mol. The average Bonchev–Trinajstić information content (AvgIpc) is 2.87. The number of hydrogen-bond donors (Lipinski definition) is 1. The summed E-state index contributed by atoms with van der Waals surface area (Å²) in [6, 6.07) is 0. The molecule has 1 rings (SSSR count). The number of amides is 1. The zero-order valence-corrected chi connectivity index (χ0v) is 8.84. The van der Waals surface area contributed by atoms with Crippen molar-refractivity contribution >= 4 is 5.91 Å². The lowest BCUT2D eigenvalue weighted by atomic mass is 10.3. The first-order chi connectivity index (χ1) is 6.68. The van der Waals surface area contributed by atoms with Crippen LogP contribution in [0.25, 0.3) is 0 Å². The quantitative estimate of drug-likeness (QED) is 0.496. The summed E-state index contributed by atoms with van der Waals surface area (Å²) in [5, 5.41) is 2.83. The molecule has 0 unspecified atom stereocenters. The normalized spacial score (nSPS) is 15.2. The highest BCUT2D eigenvalue weighted by atomic mass is 16.5. The lowest BCUT2D eigenvalue weighted by Crippen LogP contribution is -2.27. The van der Waals surface area contributed by atoms with E-state index < -0.39 is 0 Å². The molecule has 14 heavy (non-hydrogen) atoms. The topological polar surface area (TPSA) is 38.3 Å². The number of rotatable bonds is 7. The van der Waals surface area contributed by atoms with Gasteiger partial charge in [-0.25, -0.2) is 0 Å². The largest absolute Gasteiger partial charge is 0.375 e. The maximum absolute atomic E-state index is 11.2. The van der Waals surface area contributed by atoms with Crippen molar-refractivity contribution in [3.05, 3.63) is 12.2 Å². The van der Waals surface area contributed by atoms with Crippen molar-refractivity contribution in [2.24, 2.45) is 5.92 Å². The lowest BCUT2D eigenvalue weighted by Gasteiger charge is -2.05. The standard InChI is InChI=1S/C11H19NO2/c1-9(2)8-14-6-5-12-11(13)7-10-3-4-10/h10H,1,3-8H2,2H3,(H,12,13). The van der Waals surface area contributed by atoms with E-state index in [1.807, 2.05) is 6.92 Å². The van der Waals surface area contributed by atoms with E-state index in [1.54, 1.807) is 0 Å². The molecule has 0 heterocycles. The third-order valence-corrected chi connectivity index (χ3v) is 2.09. The lowest BCUT2D eigenvalue weighted by molar-refractivity contribution is -0.121. The van der Waals surface area contributed by atoms with Gasteiger partial charge < -0.3 is 10.1 Å². The SMILES string of the molecule is C=C(C)COCCNC(=O)CC1CC1. The molecule has 0 saturated heterocycles. The fraction of sp³-hybridized carbons (Fsp3) is 0.727. The van der Waals surface area contributed by atoms with Crippen molar-refractivity contribution in [1.82, 2.24) is 5.32 Å². The van der Waals surface area contributed by atoms with E-state index in [-0.39, 0.29) is 5.91 Å². The van der Waals surface area contributed by atoms with Crippen LogP contribution in [-0.2, 0) is 9.53 Å². The van der Waals surface area contributed by atoms with Crippen molar-refractivity contribution in [2.45, 2.75) is 26.2 Å². The molecule has 0 aromatic heterocycles. The molecule has 0 spiro atoms. The summed E-state index contributed by atoms with van der Waals surface area (Å²) in [5.74, 6) is 0.817. The molecule has 0 atom stereocenters. The Labute approximate surface area is 85.5 Å². The zero-order chi connectivity index (χ0) is 10.4. The number of ether oxygens (including phenoxy) is 1. The van der Waals surface area contributed by atoms with Gasteiger partial charge >= 0.3 is 0 Å². The van der Waals surface area contributed by atoms with E-state index >= 15 is 0 Å². The zero-order valence-electron chi connectivity index (χ0n) is 8.84. The Balaban J connectivity index is 1.87. The van der Waals surface area contributed by atoms with Crippen LogP contribution in [0.15, 0.2) is 12.2 Å². The van der Waals surface area contributed by atoms with Crippen molar-refractivity contribution < 1.29 is 9.53 Å². The Bertz CT molecular complexity index is 209. The van der Waals surface area contributed by atoms with Gasteiger partial charge in [0.15, 0.2) is 0 Å². The van der Waals surface area contributed by atoms with E-state index in [0.29, 0.717) is 32.1 Å². The van der Waals surface area contributed by atoms with Crippen LogP contribution in [0.2, 0.25) is 0 Å². The first-order valence-electron chi connectivity index (χ1n) is 5.17. The maximum atomic E-state index is 11.2. The summed E-state index contributed by atoms with van der Waals surface area (Å²) in [7, 11) is 0. The summed E-state index contributed by atoms with van der Waals surface area (Å²) >= 11 is 0. The minimum Gasteiger partial charge on any atom is -0.375 e. The fourth-order valence-corrected chi connectivity index (χ4v) is 1.17. The summed E-state index contributed by atoms with van der Waals surface area (Å²) in [4.78, 5) is 11.2. The van der Waals surface area contributed by atoms with Crippen molar-refractivity contribution in [1.29, 1.82) is 0 Å². The molecule has 0 radical (unpaired) electrons. The smallest absolute Gasteiger partial charge is 0.220 e. The number of nitrogens with one attached hydrogen (secondary N) is 1. The van der Waals surface area contributed by atoms with Crippen LogP contribution in [0.3, 0.4) is 0 Å². The average molecular weight is 197 g/mol. The van der Waals surface area contributed by atoms with Gasteiger partial charge in [0.2, 0.25) is 5.91 Å². The molecule has 0 aliphatic heterocycles. The molecule has 1 fully saturated rings. The summed E-state index contributed by atoms with van der Waals surface area (Å²) in [6.45, 7) is 7.41. The second-order valence-electron chi connectivity index (χ2n) is 4.01. The van der Waals surface area contributed by atoms with Crippen LogP contribution in [0, 0.1) is 5.92 Å². The highest BCUT2D eigenvalue weighted by Gasteiger charge is 2.23. The molecule has 3 nitrogen and oxygen atoms in total. The molecule has 1 aliphatic rings. The first-order valence-corrected chi connectivity index (χ1v) is 5.17. The summed E-state index contributed by atoms with van der Waals surface area (Å²) in [6.07, 6.45) is 3.14. The van der Waals surface area contributed by atoms with Gasteiger partial charge in [-0.2, -0.15) is 0 Å². The molecule has 0 aromatic carbocycles. The molecule has 3 heteroatoms. The van der Waals surface area contributed by atoms with Crippen LogP contribution in [0.4, 0.5) is 0 Å².